The molecule has 13 N–H and O–H groups in total. The van der Waals surface area contributed by atoms with Crippen molar-refractivity contribution in [3.8, 4) is 0 Å². The van der Waals surface area contributed by atoms with E-state index in [-0.39, 0.29) is 19.3 Å². The Hall–Kier alpha value is -3.56. The lowest BCUT2D eigenvalue weighted by Gasteiger charge is -2.25. The Morgan fingerprint density at radius 1 is 0.865 bits per heavy atom. The number of amides is 4. The van der Waals surface area contributed by atoms with E-state index in [1.165, 1.54) is 12.5 Å². The standard InChI is InChI=1S/C22H39N9O6/c23-7-3-1-5-15(29-19(33)14(25)9-13-11-27-12-28-13)20(34)30-16(6-2-4-8-24)21(35)31-17(22(36)37)10-18(26)32/h11-12,14-17H,1-10,23-25H2,(H2,26,32)(H,27,28)(H,29,33)(H,30,34)(H,31,35)(H,36,37). The fraction of sp³-hybridized carbons (Fsp3) is 0.636. The predicted molar refractivity (Wildman–Crippen MR) is 133 cm³/mol. The summed E-state index contributed by atoms with van der Waals surface area (Å²) in [5, 5.41) is 16.7. The van der Waals surface area contributed by atoms with Gasteiger partial charge in [0.1, 0.15) is 18.1 Å². The van der Waals surface area contributed by atoms with E-state index in [1.54, 1.807) is 0 Å². The molecule has 0 spiro atoms. The van der Waals surface area contributed by atoms with Crippen molar-refractivity contribution in [2.45, 2.75) is 75.5 Å². The van der Waals surface area contributed by atoms with Crippen LogP contribution in [0.5, 0.6) is 0 Å². The molecule has 0 fully saturated rings. The van der Waals surface area contributed by atoms with Gasteiger partial charge in [-0.15, -0.1) is 0 Å². The summed E-state index contributed by atoms with van der Waals surface area (Å²) < 4.78 is 0. The van der Waals surface area contributed by atoms with Crippen molar-refractivity contribution >= 4 is 29.6 Å². The third kappa shape index (κ3) is 12.3. The number of aromatic nitrogens is 2. The molecule has 0 aliphatic carbocycles. The Labute approximate surface area is 214 Å². The first-order valence-corrected chi connectivity index (χ1v) is 12.1. The molecule has 1 aromatic heterocycles. The molecule has 0 radical (unpaired) electrons. The van der Waals surface area contributed by atoms with Gasteiger partial charge in [0.15, 0.2) is 0 Å². The number of H-pyrrole nitrogens is 1. The maximum atomic E-state index is 13.1. The number of nitrogens with two attached hydrogens (primary N) is 4. The molecule has 1 aromatic rings. The monoisotopic (exact) mass is 525 g/mol. The number of primary amides is 1. The molecular weight excluding hydrogens is 486 g/mol. The molecule has 208 valence electrons. The van der Waals surface area contributed by atoms with Crippen molar-refractivity contribution in [3.63, 3.8) is 0 Å². The van der Waals surface area contributed by atoms with E-state index < -0.39 is 60.2 Å². The van der Waals surface area contributed by atoms with Gasteiger partial charge in [0, 0.05) is 18.3 Å². The largest absolute Gasteiger partial charge is 0.480 e. The Morgan fingerprint density at radius 2 is 1.38 bits per heavy atom. The number of aromatic amines is 1. The maximum Gasteiger partial charge on any atom is 0.326 e. The normalized spacial score (nSPS) is 14.1. The lowest BCUT2D eigenvalue weighted by molar-refractivity contribution is -0.143. The Morgan fingerprint density at radius 3 is 1.81 bits per heavy atom. The maximum absolute atomic E-state index is 13.1. The van der Waals surface area contributed by atoms with Crippen LogP contribution < -0.4 is 38.9 Å². The van der Waals surface area contributed by atoms with Crippen LogP contribution in [0, 0.1) is 0 Å². The Balaban J connectivity index is 2.96. The molecular formula is C22H39N9O6. The van der Waals surface area contributed by atoms with E-state index in [0.717, 1.165) is 0 Å². The SMILES string of the molecule is NCCCCC(NC(=O)C(N)Cc1cnc[nH]1)C(=O)NC(CCCCN)C(=O)NC(CC(N)=O)C(=O)O. The third-order valence-corrected chi connectivity index (χ3v) is 5.51. The van der Waals surface area contributed by atoms with Gasteiger partial charge < -0.3 is 49.0 Å². The smallest absolute Gasteiger partial charge is 0.326 e. The number of nitrogens with one attached hydrogen (secondary N) is 4. The Kier molecular flexibility index (Phi) is 14.5. The number of unbranched alkanes of at least 4 members (excludes halogenated alkanes) is 2. The average molecular weight is 526 g/mol. The second-order valence-corrected chi connectivity index (χ2v) is 8.65. The summed E-state index contributed by atoms with van der Waals surface area (Å²) in [5.74, 6) is -4.38. The highest BCUT2D eigenvalue weighted by atomic mass is 16.4. The summed E-state index contributed by atoms with van der Waals surface area (Å²) in [6.07, 6.45) is 5.08. The summed E-state index contributed by atoms with van der Waals surface area (Å²) in [5.41, 5.74) is 22.8. The number of rotatable bonds is 19. The molecule has 1 heterocycles. The van der Waals surface area contributed by atoms with Gasteiger partial charge in [0.2, 0.25) is 23.6 Å². The number of nitrogens with zero attached hydrogens (tertiary/aromatic N) is 1. The predicted octanol–water partition coefficient (Wildman–Crippen LogP) is -3.05. The van der Waals surface area contributed by atoms with Crippen molar-refractivity contribution in [3.05, 3.63) is 18.2 Å². The quantitative estimate of drug-likeness (QED) is 0.0823. The highest BCUT2D eigenvalue weighted by Crippen LogP contribution is 2.07. The highest BCUT2D eigenvalue weighted by molar-refractivity contribution is 5.94. The van der Waals surface area contributed by atoms with Gasteiger partial charge in [-0.2, -0.15) is 0 Å². The second kappa shape index (κ2) is 17.0. The molecule has 0 aliphatic rings. The summed E-state index contributed by atoms with van der Waals surface area (Å²) in [6, 6.07) is -4.67. The van der Waals surface area contributed by atoms with E-state index >= 15 is 0 Å². The number of hydrogen-bond donors (Lipinski definition) is 9. The molecule has 37 heavy (non-hydrogen) atoms. The lowest BCUT2D eigenvalue weighted by Crippen LogP contribution is -2.57. The van der Waals surface area contributed by atoms with Crippen molar-refractivity contribution in [2.75, 3.05) is 13.1 Å². The number of aliphatic carboxylic acids is 1. The van der Waals surface area contributed by atoms with E-state index in [1.807, 2.05) is 0 Å². The molecule has 1 rings (SSSR count). The van der Waals surface area contributed by atoms with Crippen LogP contribution in [-0.2, 0) is 30.4 Å². The van der Waals surface area contributed by atoms with E-state index in [4.69, 9.17) is 22.9 Å². The molecule has 0 saturated heterocycles. The summed E-state index contributed by atoms with van der Waals surface area (Å²) >= 11 is 0. The van der Waals surface area contributed by atoms with Crippen molar-refractivity contribution in [2.24, 2.45) is 22.9 Å². The minimum absolute atomic E-state index is 0.153. The van der Waals surface area contributed by atoms with Crippen LogP contribution in [0.15, 0.2) is 12.5 Å². The summed E-state index contributed by atoms with van der Waals surface area (Å²) in [4.78, 5) is 68.0. The number of carbonyl (C=O) groups excluding carboxylic acids is 4. The van der Waals surface area contributed by atoms with Gasteiger partial charge in [-0.05, 0) is 51.6 Å². The van der Waals surface area contributed by atoms with Gasteiger partial charge in [0.25, 0.3) is 0 Å². The number of carboxylic acids is 1. The fourth-order valence-corrected chi connectivity index (χ4v) is 3.47. The molecule has 4 unspecified atom stereocenters. The number of hydrogen-bond acceptors (Lipinski definition) is 9. The first kappa shape index (κ1) is 31.5. The molecule has 15 heteroatoms. The molecule has 0 saturated carbocycles. The van der Waals surface area contributed by atoms with Crippen LogP contribution in [0.1, 0.15) is 50.6 Å². The zero-order valence-electron chi connectivity index (χ0n) is 20.8. The Bertz CT molecular complexity index is 880. The van der Waals surface area contributed by atoms with E-state index in [9.17, 15) is 29.1 Å². The van der Waals surface area contributed by atoms with Gasteiger partial charge in [-0.25, -0.2) is 9.78 Å². The van der Waals surface area contributed by atoms with Crippen LogP contribution >= 0.6 is 0 Å². The second-order valence-electron chi connectivity index (χ2n) is 8.65. The molecule has 4 atom stereocenters. The average Bonchev–Trinajstić information content (AvgIpc) is 3.35. The highest BCUT2D eigenvalue weighted by Gasteiger charge is 2.30. The van der Waals surface area contributed by atoms with Crippen molar-refractivity contribution in [1.82, 2.24) is 25.9 Å². The van der Waals surface area contributed by atoms with Gasteiger partial charge >= 0.3 is 5.97 Å². The van der Waals surface area contributed by atoms with Gasteiger partial charge in [-0.1, -0.05) is 0 Å². The van der Waals surface area contributed by atoms with Crippen LogP contribution in [0.25, 0.3) is 0 Å². The van der Waals surface area contributed by atoms with E-state index in [2.05, 4.69) is 25.9 Å². The van der Waals surface area contributed by atoms with Crippen molar-refractivity contribution in [1.29, 1.82) is 0 Å². The first-order chi connectivity index (χ1) is 17.6. The first-order valence-electron chi connectivity index (χ1n) is 12.1. The molecule has 4 amide bonds. The van der Waals surface area contributed by atoms with Crippen LogP contribution in [0.3, 0.4) is 0 Å². The third-order valence-electron chi connectivity index (χ3n) is 5.51. The van der Waals surface area contributed by atoms with Crippen LogP contribution in [0.4, 0.5) is 0 Å². The zero-order chi connectivity index (χ0) is 27.8. The number of imidazole rings is 1. The van der Waals surface area contributed by atoms with Gasteiger partial charge in [0.05, 0.1) is 18.8 Å². The van der Waals surface area contributed by atoms with Crippen LogP contribution in [-0.4, -0.2) is 81.9 Å². The molecule has 0 bridgehead atoms. The van der Waals surface area contributed by atoms with E-state index in [0.29, 0.717) is 44.5 Å². The summed E-state index contributed by atoms with van der Waals surface area (Å²) in [6.45, 7) is 0.746. The topological polar surface area (TPSA) is 274 Å². The van der Waals surface area contributed by atoms with Crippen LogP contribution in [0.2, 0.25) is 0 Å². The minimum atomic E-state index is -1.56. The minimum Gasteiger partial charge on any atom is -0.480 e. The lowest BCUT2D eigenvalue weighted by atomic mass is 10.0. The number of carboxylic acid groups (broad SMARTS) is 1. The summed E-state index contributed by atoms with van der Waals surface area (Å²) in [7, 11) is 0. The fourth-order valence-electron chi connectivity index (χ4n) is 3.47. The zero-order valence-corrected chi connectivity index (χ0v) is 20.8. The van der Waals surface area contributed by atoms with Crippen molar-refractivity contribution < 1.29 is 29.1 Å². The molecule has 15 nitrogen and oxygen atoms in total. The number of carbonyl (C=O) groups is 5. The van der Waals surface area contributed by atoms with Gasteiger partial charge in [-0.3, -0.25) is 19.2 Å². The molecule has 0 aliphatic heterocycles. The molecule has 0 aromatic carbocycles.